The number of nitrogens with zero attached hydrogens (tertiary/aromatic N) is 5. The number of carbonyl (C=O) groups is 1. The highest BCUT2D eigenvalue weighted by atomic mass is 32.1. The molecule has 1 aliphatic heterocycles. The van der Waals surface area contributed by atoms with Crippen LogP contribution in [-0.4, -0.2) is 52.1 Å². The lowest BCUT2D eigenvalue weighted by Gasteiger charge is -2.24. The number of rotatable bonds is 8. The zero-order chi connectivity index (χ0) is 28.2. The van der Waals surface area contributed by atoms with E-state index in [0.717, 1.165) is 59.1 Å². The topological polar surface area (TPSA) is 84.6 Å². The van der Waals surface area contributed by atoms with Crippen molar-refractivity contribution < 1.29 is 14.1 Å². The number of hydrogen-bond donors (Lipinski definition) is 0. The molecule has 41 heavy (non-hydrogen) atoms. The van der Waals surface area contributed by atoms with Crippen LogP contribution in [0.15, 0.2) is 76.6 Å². The first kappa shape index (κ1) is 27.0. The number of para-hydroxylation sites is 1. The minimum Gasteiger partial charge on any atom is -0.457 e. The first-order valence-corrected chi connectivity index (χ1v) is 15.0. The fourth-order valence-electron chi connectivity index (χ4n) is 5.15. The Hall–Kier alpha value is -4.24. The average molecular weight is 568 g/mol. The number of fused-ring (bicyclic) bond motifs is 1. The predicted molar refractivity (Wildman–Crippen MR) is 162 cm³/mol. The number of amides is 1. The van der Waals surface area contributed by atoms with E-state index in [1.165, 1.54) is 0 Å². The summed E-state index contributed by atoms with van der Waals surface area (Å²) >= 11 is 1.63. The molecule has 9 heteroatoms. The fraction of sp³-hybridized carbons (Fsp3) is 0.312. The summed E-state index contributed by atoms with van der Waals surface area (Å²) in [7, 11) is 0. The summed E-state index contributed by atoms with van der Waals surface area (Å²) in [5.74, 6) is 3.58. The van der Waals surface area contributed by atoms with Crippen molar-refractivity contribution in [3.05, 3.63) is 82.8 Å². The van der Waals surface area contributed by atoms with E-state index >= 15 is 0 Å². The number of carbonyl (C=O) groups excluding carboxylic acids is 1. The van der Waals surface area contributed by atoms with Crippen molar-refractivity contribution in [2.24, 2.45) is 5.92 Å². The quantitative estimate of drug-likeness (QED) is 0.208. The number of hydrogen-bond acceptors (Lipinski definition) is 8. The van der Waals surface area contributed by atoms with Crippen molar-refractivity contribution in [3.8, 4) is 22.8 Å². The number of thiophene rings is 1. The van der Waals surface area contributed by atoms with Crippen LogP contribution < -0.4 is 9.64 Å². The van der Waals surface area contributed by atoms with Crippen LogP contribution in [0.4, 0.5) is 5.82 Å². The molecule has 6 rings (SSSR count). The molecular weight excluding hydrogens is 534 g/mol. The van der Waals surface area contributed by atoms with E-state index in [0.29, 0.717) is 42.6 Å². The minimum absolute atomic E-state index is 0.170. The lowest BCUT2D eigenvalue weighted by Crippen LogP contribution is -2.36. The van der Waals surface area contributed by atoms with Gasteiger partial charge in [0, 0.05) is 43.0 Å². The van der Waals surface area contributed by atoms with Gasteiger partial charge in [-0.3, -0.25) is 4.79 Å². The summed E-state index contributed by atoms with van der Waals surface area (Å²) in [4.78, 5) is 28.2. The molecule has 1 saturated heterocycles. The zero-order valence-electron chi connectivity index (χ0n) is 23.3. The van der Waals surface area contributed by atoms with E-state index in [2.05, 4.69) is 23.9 Å². The van der Waals surface area contributed by atoms with Gasteiger partial charge in [0.05, 0.1) is 6.42 Å². The molecule has 2 aromatic carbocycles. The van der Waals surface area contributed by atoms with Gasteiger partial charge >= 0.3 is 0 Å². The van der Waals surface area contributed by atoms with E-state index in [4.69, 9.17) is 19.2 Å². The molecule has 4 heterocycles. The average Bonchev–Trinajstić information content (AvgIpc) is 3.57. The normalized spacial score (nSPS) is 14.0. The molecule has 8 nitrogen and oxygen atoms in total. The highest BCUT2D eigenvalue weighted by molar-refractivity contribution is 7.10. The van der Waals surface area contributed by atoms with Gasteiger partial charge in [-0.1, -0.05) is 55.4 Å². The van der Waals surface area contributed by atoms with Crippen LogP contribution in [0.5, 0.6) is 11.5 Å². The summed E-state index contributed by atoms with van der Waals surface area (Å²) in [5, 5.41) is 7.28. The maximum absolute atomic E-state index is 13.1. The zero-order valence-corrected chi connectivity index (χ0v) is 24.1. The summed E-state index contributed by atoms with van der Waals surface area (Å²) in [5.41, 5.74) is 2.02. The molecule has 0 bridgehead atoms. The Labute approximate surface area is 243 Å². The SMILES string of the molecule is CC(C)Cc1nc(N2CCCN(C(=O)Cc3cccs3)CC2)c2c(-c3cccc(Oc4ccccc4)c3)noc2n1. The summed E-state index contributed by atoms with van der Waals surface area (Å²) < 4.78 is 11.9. The Morgan fingerprint density at radius 1 is 0.976 bits per heavy atom. The molecule has 5 aromatic rings. The number of aromatic nitrogens is 3. The number of benzene rings is 2. The van der Waals surface area contributed by atoms with Gasteiger partial charge < -0.3 is 19.1 Å². The molecule has 0 spiro atoms. The molecular formula is C32H33N5O3S. The summed E-state index contributed by atoms with van der Waals surface area (Å²) in [6.07, 6.45) is 2.03. The van der Waals surface area contributed by atoms with Gasteiger partial charge in [0.15, 0.2) is 0 Å². The third-order valence-corrected chi connectivity index (χ3v) is 7.97. The lowest BCUT2D eigenvalue weighted by atomic mass is 10.1. The summed E-state index contributed by atoms with van der Waals surface area (Å²) in [6.45, 7) is 7.11. The van der Waals surface area contributed by atoms with Crippen LogP contribution >= 0.6 is 11.3 Å². The molecule has 1 fully saturated rings. The Kier molecular flexibility index (Phi) is 7.95. The third-order valence-electron chi connectivity index (χ3n) is 7.09. The van der Waals surface area contributed by atoms with Crippen LogP contribution in [0.2, 0.25) is 0 Å². The van der Waals surface area contributed by atoms with E-state index in [-0.39, 0.29) is 5.91 Å². The monoisotopic (exact) mass is 567 g/mol. The Balaban J connectivity index is 1.32. The Morgan fingerprint density at radius 2 is 1.83 bits per heavy atom. The molecule has 0 saturated carbocycles. The molecule has 0 unspecified atom stereocenters. The first-order valence-electron chi connectivity index (χ1n) is 14.1. The van der Waals surface area contributed by atoms with Gasteiger partial charge in [-0.15, -0.1) is 11.3 Å². The second-order valence-corrected chi connectivity index (χ2v) is 11.7. The minimum atomic E-state index is 0.170. The van der Waals surface area contributed by atoms with Gasteiger partial charge in [0.2, 0.25) is 5.91 Å². The maximum Gasteiger partial charge on any atom is 0.263 e. The van der Waals surface area contributed by atoms with Gasteiger partial charge in [-0.2, -0.15) is 4.98 Å². The van der Waals surface area contributed by atoms with Gasteiger partial charge in [0.1, 0.15) is 34.2 Å². The van der Waals surface area contributed by atoms with Crippen molar-refractivity contribution in [1.29, 1.82) is 0 Å². The van der Waals surface area contributed by atoms with Crippen LogP contribution in [0.1, 0.15) is 31.0 Å². The molecule has 0 aliphatic carbocycles. The largest absolute Gasteiger partial charge is 0.457 e. The van der Waals surface area contributed by atoms with E-state index in [1.807, 2.05) is 77.0 Å². The van der Waals surface area contributed by atoms with Gasteiger partial charge in [0.25, 0.3) is 5.71 Å². The second-order valence-electron chi connectivity index (χ2n) is 10.7. The van der Waals surface area contributed by atoms with Crippen LogP contribution in [0.25, 0.3) is 22.4 Å². The van der Waals surface area contributed by atoms with Crippen molar-refractivity contribution in [2.75, 3.05) is 31.1 Å². The molecule has 1 amide bonds. The van der Waals surface area contributed by atoms with Crippen molar-refractivity contribution in [3.63, 3.8) is 0 Å². The Bertz CT molecular complexity index is 1620. The molecule has 0 N–H and O–H groups in total. The van der Waals surface area contributed by atoms with Crippen LogP contribution in [0, 0.1) is 5.92 Å². The Morgan fingerprint density at radius 3 is 2.63 bits per heavy atom. The lowest BCUT2D eigenvalue weighted by molar-refractivity contribution is -0.130. The molecule has 3 aromatic heterocycles. The maximum atomic E-state index is 13.1. The predicted octanol–water partition coefficient (Wildman–Crippen LogP) is 6.62. The van der Waals surface area contributed by atoms with Crippen molar-refractivity contribution in [2.45, 2.75) is 33.1 Å². The molecule has 1 aliphatic rings. The van der Waals surface area contributed by atoms with E-state index in [1.54, 1.807) is 11.3 Å². The van der Waals surface area contributed by atoms with E-state index < -0.39 is 0 Å². The first-order chi connectivity index (χ1) is 20.0. The molecule has 210 valence electrons. The van der Waals surface area contributed by atoms with Crippen molar-refractivity contribution in [1.82, 2.24) is 20.0 Å². The molecule has 0 atom stereocenters. The third kappa shape index (κ3) is 6.25. The number of ether oxygens (including phenoxy) is 1. The van der Waals surface area contributed by atoms with E-state index in [9.17, 15) is 4.79 Å². The van der Waals surface area contributed by atoms with Gasteiger partial charge in [-0.05, 0) is 48.1 Å². The fourth-order valence-corrected chi connectivity index (χ4v) is 5.84. The number of anilines is 1. The van der Waals surface area contributed by atoms with Crippen molar-refractivity contribution >= 4 is 34.2 Å². The standard InChI is InChI=1S/C32H33N5O3S/c1-22(2)19-27-33-31(37-15-8-14-36(16-17-37)28(38)21-26-13-7-18-41-26)29-30(35-40-32(29)34-27)23-9-6-12-25(20-23)39-24-10-4-3-5-11-24/h3-7,9-13,18,20,22H,8,14-17,19,21H2,1-2H3. The van der Waals surface area contributed by atoms with Gasteiger partial charge in [-0.25, -0.2) is 4.98 Å². The van der Waals surface area contributed by atoms with Crippen LogP contribution in [-0.2, 0) is 17.6 Å². The second kappa shape index (κ2) is 12.1. The summed E-state index contributed by atoms with van der Waals surface area (Å²) in [6, 6.07) is 21.5. The molecule has 0 radical (unpaired) electrons. The highest BCUT2D eigenvalue weighted by Crippen LogP contribution is 2.36. The van der Waals surface area contributed by atoms with Crippen LogP contribution in [0.3, 0.4) is 0 Å². The smallest absolute Gasteiger partial charge is 0.263 e. The highest BCUT2D eigenvalue weighted by Gasteiger charge is 2.26.